The molecule has 0 amide bonds. The zero-order valence-electron chi connectivity index (χ0n) is 11.7. The van der Waals surface area contributed by atoms with Gasteiger partial charge in [-0.05, 0) is 38.0 Å². The molecule has 3 nitrogen and oxygen atoms in total. The van der Waals surface area contributed by atoms with Crippen molar-refractivity contribution in [1.29, 1.82) is 0 Å². The first-order valence-corrected chi connectivity index (χ1v) is 6.94. The van der Waals surface area contributed by atoms with Crippen molar-refractivity contribution in [3.8, 4) is 0 Å². The number of ether oxygens (including phenoxy) is 1. The normalized spacial score (nSPS) is 24.7. The monoisotopic (exact) mass is 266 g/mol. The molecule has 3 unspecified atom stereocenters. The summed E-state index contributed by atoms with van der Waals surface area (Å²) in [6, 6.07) is 6.78. The summed E-state index contributed by atoms with van der Waals surface area (Å²) in [5.41, 5.74) is 7.23. The maximum Gasteiger partial charge on any atom is 0.123 e. The van der Waals surface area contributed by atoms with E-state index in [-0.39, 0.29) is 24.0 Å². The van der Waals surface area contributed by atoms with E-state index in [2.05, 4.69) is 11.8 Å². The molecule has 2 rings (SSSR count). The predicted molar refractivity (Wildman–Crippen MR) is 74.4 cm³/mol. The van der Waals surface area contributed by atoms with Gasteiger partial charge in [-0.1, -0.05) is 12.1 Å². The van der Waals surface area contributed by atoms with E-state index in [9.17, 15) is 4.39 Å². The molecule has 0 spiro atoms. The van der Waals surface area contributed by atoms with Crippen LogP contribution in [-0.2, 0) is 4.74 Å². The topological polar surface area (TPSA) is 38.5 Å². The molecule has 0 bridgehead atoms. The van der Waals surface area contributed by atoms with Gasteiger partial charge >= 0.3 is 0 Å². The van der Waals surface area contributed by atoms with Crippen LogP contribution in [0.15, 0.2) is 24.3 Å². The third-order valence-corrected chi connectivity index (χ3v) is 3.59. The first-order valence-electron chi connectivity index (χ1n) is 6.94. The Morgan fingerprint density at radius 2 is 2.05 bits per heavy atom. The van der Waals surface area contributed by atoms with Crippen LogP contribution < -0.4 is 5.73 Å². The van der Waals surface area contributed by atoms with E-state index in [1.54, 1.807) is 0 Å². The maximum atomic E-state index is 13.1. The van der Waals surface area contributed by atoms with Crippen LogP contribution in [0.5, 0.6) is 0 Å². The molecule has 1 aliphatic heterocycles. The van der Waals surface area contributed by atoms with Crippen molar-refractivity contribution in [1.82, 2.24) is 4.90 Å². The SMILES string of the molecule is CC1CN(C(c2ccc(F)cc2)C(C)N)CCCO1. The van der Waals surface area contributed by atoms with Crippen LogP contribution in [0.25, 0.3) is 0 Å². The second-order valence-corrected chi connectivity index (χ2v) is 5.39. The van der Waals surface area contributed by atoms with Gasteiger partial charge in [0.15, 0.2) is 0 Å². The average Bonchev–Trinajstić information content (AvgIpc) is 2.56. The van der Waals surface area contributed by atoms with Crippen molar-refractivity contribution in [3.05, 3.63) is 35.6 Å². The van der Waals surface area contributed by atoms with Crippen molar-refractivity contribution >= 4 is 0 Å². The Labute approximate surface area is 114 Å². The summed E-state index contributed by atoms with van der Waals surface area (Å²) in [4.78, 5) is 2.36. The molecule has 1 aromatic carbocycles. The Bertz CT molecular complexity index is 394. The molecular weight excluding hydrogens is 243 g/mol. The molecule has 3 atom stereocenters. The number of hydrogen-bond donors (Lipinski definition) is 1. The largest absolute Gasteiger partial charge is 0.377 e. The van der Waals surface area contributed by atoms with Gasteiger partial charge in [0, 0.05) is 31.8 Å². The highest BCUT2D eigenvalue weighted by Crippen LogP contribution is 2.25. The summed E-state index contributed by atoms with van der Waals surface area (Å²) in [6.45, 7) is 6.72. The molecule has 4 heteroatoms. The van der Waals surface area contributed by atoms with Gasteiger partial charge in [0.1, 0.15) is 5.82 Å². The van der Waals surface area contributed by atoms with Crippen LogP contribution >= 0.6 is 0 Å². The van der Waals surface area contributed by atoms with Crippen LogP contribution in [0.1, 0.15) is 31.9 Å². The molecule has 1 saturated heterocycles. The van der Waals surface area contributed by atoms with E-state index in [0.29, 0.717) is 0 Å². The minimum Gasteiger partial charge on any atom is -0.377 e. The summed E-state index contributed by atoms with van der Waals surface area (Å²) in [6.07, 6.45) is 1.22. The molecule has 1 fully saturated rings. The van der Waals surface area contributed by atoms with E-state index in [4.69, 9.17) is 10.5 Å². The van der Waals surface area contributed by atoms with Gasteiger partial charge in [-0.15, -0.1) is 0 Å². The van der Waals surface area contributed by atoms with Crippen molar-refractivity contribution in [3.63, 3.8) is 0 Å². The van der Waals surface area contributed by atoms with E-state index in [1.165, 1.54) is 12.1 Å². The second-order valence-electron chi connectivity index (χ2n) is 5.39. The number of rotatable bonds is 3. The first kappa shape index (κ1) is 14.4. The standard InChI is InChI=1S/C15H23FN2O/c1-11-10-18(8-3-9-19-11)15(12(2)17)13-4-6-14(16)7-5-13/h4-7,11-12,15H,3,8-10,17H2,1-2H3. The summed E-state index contributed by atoms with van der Waals surface area (Å²) in [5, 5.41) is 0. The summed E-state index contributed by atoms with van der Waals surface area (Å²) in [5.74, 6) is -0.209. The minimum absolute atomic E-state index is 0.00392. The molecule has 2 N–H and O–H groups in total. The molecule has 0 aromatic heterocycles. The lowest BCUT2D eigenvalue weighted by atomic mass is 9.98. The van der Waals surface area contributed by atoms with Crippen LogP contribution in [0.3, 0.4) is 0 Å². The van der Waals surface area contributed by atoms with Crippen molar-refractivity contribution < 1.29 is 9.13 Å². The second kappa shape index (κ2) is 6.46. The lowest BCUT2D eigenvalue weighted by Gasteiger charge is -2.34. The minimum atomic E-state index is -0.209. The number of hydrogen-bond acceptors (Lipinski definition) is 3. The summed E-state index contributed by atoms with van der Waals surface area (Å²) >= 11 is 0. The highest BCUT2D eigenvalue weighted by Gasteiger charge is 2.26. The molecule has 1 aromatic rings. The van der Waals surface area contributed by atoms with Crippen molar-refractivity contribution in [2.24, 2.45) is 5.73 Å². The summed E-state index contributed by atoms with van der Waals surface area (Å²) in [7, 11) is 0. The van der Waals surface area contributed by atoms with Gasteiger partial charge in [-0.3, -0.25) is 4.90 Å². The van der Waals surface area contributed by atoms with E-state index in [1.807, 2.05) is 19.1 Å². The fraction of sp³-hybridized carbons (Fsp3) is 0.600. The number of benzene rings is 1. The highest BCUT2D eigenvalue weighted by atomic mass is 19.1. The summed E-state index contributed by atoms with van der Waals surface area (Å²) < 4.78 is 18.7. The zero-order chi connectivity index (χ0) is 13.8. The van der Waals surface area contributed by atoms with E-state index in [0.717, 1.165) is 31.7 Å². The molecule has 0 aliphatic carbocycles. The Morgan fingerprint density at radius 3 is 2.68 bits per heavy atom. The van der Waals surface area contributed by atoms with Crippen LogP contribution in [0.2, 0.25) is 0 Å². The average molecular weight is 266 g/mol. The third-order valence-electron chi connectivity index (χ3n) is 3.59. The van der Waals surface area contributed by atoms with Gasteiger partial charge in [0.05, 0.1) is 6.10 Å². The Hall–Kier alpha value is -0.970. The van der Waals surface area contributed by atoms with Gasteiger partial charge in [0.2, 0.25) is 0 Å². The van der Waals surface area contributed by atoms with Gasteiger partial charge in [-0.25, -0.2) is 4.39 Å². The number of nitrogens with two attached hydrogens (primary N) is 1. The van der Waals surface area contributed by atoms with Gasteiger partial charge < -0.3 is 10.5 Å². The van der Waals surface area contributed by atoms with Crippen molar-refractivity contribution in [2.45, 2.75) is 38.5 Å². The predicted octanol–water partition coefficient (Wildman–Crippen LogP) is 2.32. The third kappa shape index (κ3) is 3.75. The Morgan fingerprint density at radius 1 is 1.37 bits per heavy atom. The maximum absolute atomic E-state index is 13.1. The van der Waals surface area contributed by atoms with Crippen LogP contribution in [0.4, 0.5) is 4.39 Å². The lowest BCUT2D eigenvalue weighted by Crippen LogP contribution is -2.42. The fourth-order valence-electron chi connectivity index (χ4n) is 2.79. The molecular formula is C15H23FN2O. The highest BCUT2D eigenvalue weighted by molar-refractivity contribution is 5.21. The molecule has 19 heavy (non-hydrogen) atoms. The van der Waals surface area contributed by atoms with Crippen LogP contribution in [0, 0.1) is 5.82 Å². The van der Waals surface area contributed by atoms with Gasteiger partial charge in [0.25, 0.3) is 0 Å². The van der Waals surface area contributed by atoms with E-state index < -0.39 is 0 Å². The lowest BCUT2D eigenvalue weighted by molar-refractivity contribution is 0.0583. The fourth-order valence-corrected chi connectivity index (χ4v) is 2.79. The quantitative estimate of drug-likeness (QED) is 0.912. The zero-order valence-corrected chi connectivity index (χ0v) is 11.7. The first-order chi connectivity index (χ1) is 9.08. The molecule has 0 saturated carbocycles. The Balaban J connectivity index is 2.21. The molecule has 1 aliphatic rings. The molecule has 106 valence electrons. The number of halogens is 1. The smallest absolute Gasteiger partial charge is 0.123 e. The van der Waals surface area contributed by atoms with Crippen LogP contribution in [-0.4, -0.2) is 36.7 Å². The Kier molecular flexibility index (Phi) is 4.91. The molecule has 1 heterocycles. The van der Waals surface area contributed by atoms with Gasteiger partial charge in [-0.2, -0.15) is 0 Å². The van der Waals surface area contributed by atoms with E-state index >= 15 is 0 Å². The number of nitrogens with zero attached hydrogens (tertiary/aromatic N) is 1. The van der Waals surface area contributed by atoms with Crippen molar-refractivity contribution in [2.75, 3.05) is 19.7 Å². The molecule has 0 radical (unpaired) electrons.